The quantitative estimate of drug-likeness (QED) is 0.484. The van der Waals surface area contributed by atoms with E-state index in [1.54, 1.807) is 19.4 Å². The number of H-pyrrole nitrogens is 1. The molecule has 144 valence electrons. The molecule has 28 heavy (non-hydrogen) atoms. The summed E-state index contributed by atoms with van der Waals surface area (Å²) >= 11 is 0. The van der Waals surface area contributed by atoms with Crippen molar-refractivity contribution in [2.24, 2.45) is 0 Å². The number of carbonyl (C=O) groups is 2. The average Bonchev–Trinajstić information content (AvgIpc) is 3.43. The van der Waals surface area contributed by atoms with Gasteiger partial charge in [0.2, 0.25) is 5.78 Å². The van der Waals surface area contributed by atoms with Crippen LogP contribution in [0.5, 0.6) is 0 Å². The number of Topliss-reactive ketones (excluding diaryl/α,β-unsaturated/α-hetero) is 1. The van der Waals surface area contributed by atoms with Gasteiger partial charge >= 0.3 is 0 Å². The number of nitrogens with zero attached hydrogens (tertiary/aromatic N) is 1. The Kier molecular flexibility index (Phi) is 4.75. The van der Waals surface area contributed by atoms with Crippen LogP contribution in [0.1, 0.15) is 28.6 Å². The van der Waals surface area contributed by atoms with Crippen LogP contribution in [0, 0.1) is 0 Å². The fourth-order valence-corrected chi connectivity index (χ4v) is 3.68. The highest BCUT2D eigenvalue weighted by Gasteiger charge is 2.44. The molecule has 7 heteroatoms. The number of rotatable bonds is 7. The molecule has 0 bridgehead atoms. The molecule has 4 rings (SSSR count). The second-order valence-electron chi connectivity index (χ2n) is 6.61. The molecule has 1 aliphatic rings. The highest BCUT2D eigenvalue weighted by Crippen LogP contribution is 2.41. The first-order chi connectivity index (χ1) is 13.6. The molecule has 1 aromatic carbocycles. The third-order valence-corrected chi connectivity index (χ3v) is 4.96. The lowest BCUT2D eigenvalue weighted by molar-refractivity contribution is -0.129. The molecule has 0 radical (unpaired) electrons. The Morgan fingerprint density at radius 1 is 1.29 bits per heavy atom. The molecule has 1 amide bonds. The minimum atomic E-state index is -0.710. The molecule has 3 heterocycles. The fraction of sp³-hybridized carbons (Fsp3) is 0.238. The summed E-state index contributed by atoms with van der Waals surface area (Å²) in [5.41, 5.74) is 1.67. The van der Waals surface area contributed by atoms with Crippen molar-refractivity contribution in [3.05, 3.63) is 71.5 Å². The van der Waals surface area contributed by atoms with E-state index in [4.69, 9.17) is 9.15 Å². The van der Waals surface area contributed by atoms with Crippen molar-refractivity contribution in [1.29, 1.82) is 0 Å². The van der Waals surface area contributed by atoms with E-state index in [0.29, 0.717) is 19.6 Å². The van der Waals surface area contributed by atoms with Crippen LogP contribution >= 0.6 is 0 Å². The van der Waals surface area contributed by atoms with Crippen LogP contribution in [0.4, 0.5) is 0 Å². The van der Waals surface area contributed by atoms with Crippen molar-refractivity contribution in [3.8, 4) is 0 Å². The summed E-state index contributed by atoms with van der Waals surface area (Å²) in [6, 6.07) is 10.0. The number of aliphatic hydroxyl groups excluding tert-OH is 1. The van der Waals surface area contributed by atoms with Crippen LogP contribution in [0.15, 0.2) is 64.6 Å². The van der Waals surface area contributed by atoms with Gasteiger partial charge in [-0.2, -0.15) is 0 Å². The lowest BCUT2D eigenvalue weighted by Gasteiger charge is -2.26. The van der Waals surface area contributed by atoms with E-state index in [2.05, 4.69) is 4.98 Å². The number of methoxy groups -OCH3 is 1. The van der Waals surface area contributed by atoms with Gasteiger partial charge in [-0.3, -0.25) is 9.59 Å². The maximum absolute atomic E-state index is 13.1. The van der Waals surface area contributed by atoms with Gasteiger partial charge in [-0.05, 0) is 24.6 Å². The second-order valence-corrected chi connectivity index (χ2v) is 6.61. The van der Waals surface area contributed by atoms with Crippen molar-refractivity contribution in [3.63, 3.8) is 0 Å². The summed E-state index contributed by atoms with van der Waals surface area (Å²) in [5.74, 6) is -1.52. The van der Waals surface area contributed by atoms with Gasteiger partial charge in [0.15, 0.2) is 11.5 Å². The second kappa shape index (κ2) is 7.36. The molecule has 2 aromatic heterocycles. The third kappa shape index (κ3) is 2.90. The number of furan rings is 1. The van der Waals surface area contributed by atoms with Crippen molar-refractivity contribution in [2.75, 3.05) is 20.3 Å². The number of ketones is 1. The van der Waals surface area contributed by atoms with Gasteiger partial charge in [0.1, 0.15) is 0 Å². The summed E-state index contributed by atoms with van der Waals surface area (Å²) in [4.78, 5) is 30.6. The Morgan fingerprint density at radius 3 is 2.86 bits per heavy atom. The number of amides is 1. The topological polar surface area (TPSA) is 95.8 Å². The minimum absolute atomic E-state index is 0.0297. The van der Waals surface area contributed by atoms with Gasteiger partial charge in [0, 0.05) is 42.9 Å². The van der Waals surface area contributed by atoms with Crippen LogP contribution in [0.3, 0.4) is 0 Å². The highest BCUT2D eigenvalue weighted by atomic mass is 16.5. The van der Waals surface area contributed by atoms with Gasteiger partial charge in [-0.1, -0.05) is 18.2 Å². The molecule has 2 N–H and O–H groups in total. The number of hydrogen-bond acceptors (Lipinski definition) is 5. The normalized spacial score (nSPS) is 17.1. The van der Waals surface area contributed by atoms with Crippen LogP contribution in [0.2, 0.25) is 0 Å². The van der Waals surface area contributed by atoms with Gasteiger partial charge in [-0.25, -0.2) is 0 Å². The molecule has 3 aromatic rings. The molecule has 0 saturated carbocycles. The standard InChI is InChI=1S/C21H20N2O5/c1-27-10-5-9-23-18(14-12-22-15-7-3-2-6-13(14)15)17(20(25)21(23)26)19(24)16-8-4-11-28-16/h2-4,6-8,11-12,18,22,25H,5,9-10H2,1H3. The van der Waals surface area contributed by atoms with Crippen molar-refractivity contribution in [2.45, 2.75) is 12.5 Å². The Bertz CT molecular complexity index is 1050. The van der Waals surface area contributed by atoms with Crippen molar-refractivity contribution >= 4 is 22.6 Å². The van der Waals surface area contributed by atoms with E-state index in [1.165, 1.54) is 17.2 Å². The lowest BCUT2D eigenvalue weighted by atomic mass is 9.94. The first-order valence-electron chi connectivity index (χ1n) is 9.00. The first kappa shape index (κ1) is 18.1. The highest BCUT2D eigenvalue weighted by molar-refractivity contribution is 6.15. The molecule has 1 unspecified atom stereocenters. The Balaban J connectivity index is 1.82. The number of nitrogens with one attached hydrogen (secondary N) is 1. The van der Waals surface area contributed by atoms with Crippen molar-refractivity contribution < 1.29 is 23.8 Å². The first-order valence-corrected chi connectivity index (χ1v) is 9.00. The Morgan fingerprint density at radius 2 is 2.11 bits per heavy atom. The zero-order valence-corrected chi connectivity index (χ0v) is 15.3. The van der Waals surface area contributed by atoms with Crippen LogP contribution in [0.25, 0.3) is 10.9 Å². The number of fused-ring (bicyclic) bond motifs is 1. The maximum Gasteiger partial charge on any atom is 0.290 e. The molecule has 7 nitrogen and oxygen atoms in total. The van der Waals surface area contributed by atoms with E-state index in [1.807, 2.05) is 24.3 Å². The summed E-state index contributed by atoms with van der Waals surface area (Å²) in [5, 5.41) is 11.5. The van der Waals surface area contributed by atoms with Gasteiger partial charge in [-0.15, -0.1) is 0 Å². The molecule has 0 spiro atoms. The van der Waals surface area contributed by atoms with Crippen LogP contribution in [-0.2, 0) is 9.53 Å². The molecular weight excluding hydrogens is 360 g/mol. The van der Waals surface area contributed by atoms with Crippen molar-refractivity contribution in [1.82, 2.24) is 9.88 Å². The number of aromatic amines is 1. The van der Waals surface area contributed by atoms with Gasteiger partial charge < -0.3 is 24.1 Å². The Labute approximate surface area is 161 Å². The van der Waals surface area contributed by atoms with Crippen LogP contribution < -0.4 is 0 Å². The molecule has 0 saturated heterocycles. The fourth-order valence-electron chi connectivity index (χ4n) is 3.68. The monoisotopic (exact) mass is 380 g/mol. The summed E-state index contributed by atoms with van der Waals surface area (Å²) in [7, 11) is 1.59. The number of para-hydroxylation sites is 1. The minimum Gasteiger partial charge on any atom is -0.503 e. The molecular formula is C21H20N2O5. The zero-order valence-electron chi connectivity index (χ0n) is 15.3. The van der Waals surface area contributed by atoms with Gasteiger partial charge in [0.25, 0.3) is 5.91 Å². The van der Waals surface area contributed by atoms with Gasteiger partial charge in [0.05, 0.1) is 17.9 Å². The number of aromatic nitrogens is 1. The maximum atomic E-state index is 13.1. The SMILES string of the molecule is COCCCN1C(=O)C(O)=C(C(=O)c2ccco2)C1c1c[nH]c2ccccc12. The van der Waals surface area contributed by atoms with E-state index >= 15 is 0 Å². The number of carbonyl (C=O) groups excluding carboxylic acids is 2. The molecule has 1 atom stereocenters. The largest absolute Gasteiger partial charge is 0.503 e. The summed E-state index contributed by atoms with van der Waals surface area (Å²) in [6.07, 6.45) is 3.75. The molecule has 0 fully saturated rings. The van der Waals surface area contributed by atoms with E-state index in [0.717, 1.165) is 16.5 Å². The number of aliphatic hydroxyl groups is 1. The predicted octanol–water partition coefficient (Wildman–Crippen LogP) is 3.38. The number of hydrogen-bond donors (Lipinski definition) is 2. The molecule has 1 aliphatic heterocycles. The summed E-state index contributed by atoms with van der Waals surface area (Å²) < 4.78 is 10.3. The molecule has 0 aliphatic carbocycles. The number of benzene rings is 1. The number of ether oxygens (including phenoxy) is 1. The van der Waals surface area contributed by atoms with E-state index in [9.17, 15) is 14.7 Å². The zero-order chi connectivity index (χ0) is 19.7. The lowest BCUT2D eigenvalue weighted by Crippen LogP contribution is -2.32. The Hall–Kier alpha value is -3.32. The average molecular weight is 380 g/mol. The summed E-state index contributed by atoms with van der Waals surface area (Å²) in [6.45, 7) is 0.808. The third-order valence-electron chi connectivity index (χ3n) is 4.96. The van der Waals surface area contributed by atoms with Crippen LogP contribution in [-0.4, -0.2) is 46.9 Å². The smallest absolute Gasteiger partial charge is 0.290 e. The predicted molar refractivity (Wildman–Crippen MR) is 102 cm³/mol. The van der Waals surface area contributed by atoms with E-state index in [-0.39, 0.29) is 11.3 Å². The van der Waals surface area contributed by atoms with E-state index < -0.39 is 23.5 Å².